The standard InChI is InChI=1S/C11H16Cl2N2O2S/c1-7(6-14)15(3)18(16,17)9-4-10(12)8(2)11(13)5-9/h4-5,7H,6,14H2,1-3H3. The van der Waals surface area contributed by atoms with Crippen molar-refractivity contribution < 1.29 is 8.42 Å². The average molecular weight is 311 g/mol. The molecular weight excluding hydrogens is 295 g/mol. The highest BCUT2D eigenvalue weighted by atomic mass is 35.5. The van der Waals surface area contributed by atoms with E-state index in [2.05, 4.69) is 0 Å². The third-order valence-electron chi connectivity index (χ3n) is 2.89. The van der Waals surface area contributed by atoms with E-state index in [-0.39, 0.29) is 17.5 Å². The van der Waals surface area contributed by atoms with Crippen LogP contribution in [0, 0.1) is 6.92 Å². The summed E-state index contributed by atoms with van der Waals surface area (Å²) in [6.45, 7) is 3.70. The molecule has 1 atom stereocenters. The lowest BCUT2D eigenvalue weighted by Crippen LogP contribution is -2.39. The number of sulfonamides is 1. The van der Waals surface area contributed by atoms with Gasteiger partial charge in [0, 0.05) is 29.7 Å². The van der Waals surface area contributed by atoms with Crippen molar-refractivity contribution in [3.63, 3.8) is 0 Å². The highest BCUT2D eigenvalue weighted by Crippen LogP contribution is 2.29. The molecule has 1 rings (SSSR count). The molecule has 0 aliphatic heterocycles. The van der Waals surface area contributed by atoms with Crippen LogP contribution in [0.25, 0.3) is 0 Å². The highest BCUT2D eigenvalue weighted by molar-refractivity contribution is 7.89. The largest absolute Gasteiger partial charge is 0.329 e. The van der Waals surface area contributed by atoms with Gasteiger partial charge in [0.2, 0.25) is 10.0 Å². The Morgan fingerprint density at radius 3 is 2.17 bits per heavy atom. The minimum Gasteiger partial charge on any atom is -0.329 e. The fourth-order valence-corrected chi connectivity index (χ4v) is 3.36. The van der Waals surface area contributed by atoms with Crippen LogP contribution >= 0.6 is 23.2 Å². The Labute approximate surface area is 118 Å². The van der Waals surface area contributed by atoms with Crippen molar-refractivity contribution in [3.05, 3.63) is 27.7 Å². The summed E-state index contributed by atoms with van der Waals surface area (Å²) in [4.78, 5) is 0.0749. The van der Waals surface area contributed by atoms with Crippen LogP contribution in [-0.2, 0) is 10.0 Å². The molecule has 0 saturated heterocycles. The maximum absolute atomic E-state index is 12.3. The van der Waals surface area contributed by atoms with Crippen molar-refractivity contribution in [2.45, 2.75) is 24.8 Å². The molecule has 18 heavy (non-hydrogen) atoms. The highest BCUT2D eigenvalue weighted by Gasteiger charge is 2.25. The van der Waals surface area contributed by atoms with Crippen LogP contribution in [0.1, 0.15) is 12.5 Å². The van der Waals surface area contributed by atoms with Crippen molar-refractivity contribution in [1.29, 1.82) is 0 Å². The van der Waals surface area contributed by atoms with Gasteiger partial charge in [0.1, 0.15) is 0 Å². The molecule has 0 aromatic heterocycles. The molecule has 1 aromatic carbocycles. The Bertz CT molecular complexity index is 523. The SMILES string of the molecule is Cc1c(Cl)cc(S(=O)(=O)N(C)C(C)CN)cc1Cl. The Balaban J connectivity index is 3.29. The summed E-state index contributed by atoms with van der Waals surface area (Å²) >= 11 is 11.9. The first-order valence-corrected chi connectivity index (χ1v) is 7.55. The van der Waals surface area contributed by atoms with Crippen LogP contribution in [0.3, 0.4) is 0 Å². The monoisotopic (exact) mass is 310 g/mol. The number of hydrogen-bond acceptors (Lipinski definition) is 3. The maximum Gasteiger partial charge on any atom is 0.243 e. The van der Waals surface area contributed by atoms with Gasteiger partial charge in [0.15, 0.2) is 0 Å². The van der Waals surface area contributed by atoms with Crippen LogP contribution < -0.4 is 5.73 Å². The molecule has 102 valence electrons. The topological polar surface area (TPSA) is 63.4 Å². The van der Waals surface area contributed by atoms with Crippen LogP contribution in [0.15, 0.2) is 17.0 Å². The zero-order valence-corrected chi connectivity index (χ0v) is 12.8. The summed E-state index contributed by atoms with van der Waals surface area (Å²) in [5.41, 5.74) is 6.13. The lowest BCUT2D eigenvalue weighted by atomic mass is 10.2. The second-order valence-corrected chi connectivity index (χ2v) is 6.93. The first kappa shape index (κ1) is 15.7. The van der Waals surface area contributed by atoms with E-state index in [0.717, 1.165) is 0 Å². The molecule has 0 bridgehead atoms. The quantitative estimate of drug-likeness (QED) is 0.928. The molecule has 1 unspecified atom stereocenters. The maximum atomic E-state index is 12.3. The summed E-state index contributed by atoms with van der Waals surface area (Å²) in [5, 5.41) is 0.657. The van der Waals surface area contributed by atoms with Crippen LogP contribution in [0.2, 0.25) is 10.0 Å². The molecule has 0 fully saturated rings. The first-order valence-electron chi connectivity index (χ1n) is 5.35. The van der Waals surface area contributed by atoms with Gasteiger partial charge in [-0.2, -0.15) is 4.31 Å². The van der Waals surface area contributed by atoms with Gasteiger partial charge >= 0.3 is 0 Å². The van der Waals surface area contributed by atoms with Gasteiger partial charge in [-0.1, -0.05) is 23.2 Å². The van der Waals surface area contributed by atoms with Gasteiger partial charge < -0.3 is 5.73 Å². The summed E-state index contributed by atoms with van der Waals surface area (Å²) in [6, 6.07) is 2.50. The minimum absolute atomic E-state index is 0.0749. The fraction of sp³-hybridized carbons (Fsp3) is 0.455. The van der Waals surface area contributed by atoms with E-state index in [1.165, 1.54) is 23.5 Å². The molecule has 4 nitrogen and oxygen atoms in total. The third-order valence-corrected chi connectivity index (χ3v) is 5.63. The van der Waals surface area contributed by atoms with E-state index in [0.29, 0.717) is 15.6 Å². The molecule has 0 aliphatic carbocycles. The smallest absolute Gasteiger partial charge is 0.243 e. The van der Waals surface area contributed by atoms with Crippen molar-refractivity contribution in [3.8, 4) is 0 Å². The molecule has 0 saturated carbocycles. The van der Waals surface area contributed by atoms with Gasteiger partial charge in [-0.15, -0.1) is 0 Å². The van der Waals surface area contributed by atoms with Crippen molar-refractivity contribution in [1.82, 2.24) is 4.31 Å². The van der Waals surface area contributed by atoms with E-state index < -0.39 is 10.0 Å². The second-order valence-electron chi connectivity index (χ2n) is 4.12. The van der Waals surface area contributed by atoms with Crippen molar-refractivity contribution >= 4 is 33.2 Å². The predicted octanol–water partition coefficient (Wildman–Crippen LogP) is 2.27. The van der Waals surface area contributed by atoms with E-state index in [4.69, 9.17) is 28.9 Å². The van der Waals surface area contributed by atoms with Crippen LogP contribution in [-0.4, -0.2) is 32.4 Å². The molecule has 0 spiro atoms. The molecular formula is C11H16Cl2N2O2S. The number of benzene rings is 1. The lowest BCUT2D eigenvalue weighted by molar-refractivity contribution is 0.394. The van der Waals surface area contributed by atoms with E-state index >= 15 is 0 Å². The van der Waals surface area contributed by atoms with Crippen LogP contribution in [0.5, 0.6) is 0 Å². The summed E-state index contributed by atoms with van der Waals surface area (Å²) in [5.74, 6) is 0. The summed E-state index contributed by atoms with van der Waals surface area (Å²) in [7, 11) is -2.15. The Hall–Kier alpha value is -0.330. The van der Waals surface area contributed by atoms with Gasteiger partial charge in [-0.25, -0.2) is 8.42 Å². The van der Waals surface area contributed by atoms with E-state index in [9.17, 15) is 8.42 Å². The number of nitrogens with two attached hydrogens (primary N) is 1. The Kier molecular flexibility index (Phi) is 5.03. The van der Waals surface area contributed by atoms with Gasteiger partial charge in [-0.05, 0) is 31.5 Å². The molecule has 7 heteroatoms. The predicted molar refractivity (Wildman–Crippen MR) is 74.7 cm³/mol. The number of hydrogen-bond donors (Lipinski definition) is 1. The normalized spacial score (nSPS) is 13.9. The number of halogens is 2. The lowest BCUT2D eigenvalue weighted by Gasteiger charge is -2.23. The molecule has 0 heterocycles. The zero-order chi connectivity index (χ0) is 14.1. The Morgan fingerprint density at radius 1 is 1.33 bits per heavy atom. The summed E-state index contributed by atoms with van der Waals surface area (Å²) in [6.07, 6.45) is 0. The number of rotatable bonds is 4. The van der Waals surface area contributed by atoms with Gasteiger partial charge in [-0.3, -0.25) is 0 Å². The van der Waals surface area contributed by atoms with Crippen molar-refractivity contribution in [2.75, 3.05) is 13.6 Å². The number of nitrogens with zero attached hydrogens (tertiary/aromatic N) is 1. The van der Waals surface area contributed by atoms with Gasteiger partial charge in [0.25, 0.3) is 0 Å². The fourth-order valence-electron chi connectivity index (χ4n) is 1.32. The van der Waals surface area contributed by atoms with E-state index in [1.54, 1.807) is 13.8 Å². The number of likely N-dealkylation sites (N-methyl/N-ethyl adjacent to an activating group) is 1. The first-order chi connectivity index (χ1) is 8.21. The molecule has 1 aromatic rings. The minimum atomic E-state index is -3.63. The zero-order valence-electron chi connectivity index (χ0n) is 10.4. The Morgan fingerprint density at radius 2 is 1.78 bits per heavy atom. The van der Waals surface area contributed by atoms with Crippen LogP contribution in [0.4, 0.5) is 0 Å². The molecule has 0 aliphatic rings. The second kappa shape index (κ2) is 5.75. The average Bonchev–Trinajstić information content (AvgIpc) is 2.33. The van der Waals surface area contributed by atoms with E-state index in [1.807, 2.05) is 0 Å². The summed E-state index contributed by atoms with van der Waals surface area (Å²) < 4.78 is 25.8. The molecule has 2 N–H and O–H groups in total. The molecule has 0 amide bonds. The van der Waals surface area contributed by atoms with Crippen molar-refractivity contribution in [2.24, 2.45) is 5.73 Å². The molecule has 0 radical (unpaired) electrons. The third kappa shape index (κ3) is 2.97. The van der Waals surface area contributed by atoms with Gasteiger partial charge in [0.05, 0.1) is 4.90 Å².